The molecule has 444 valence electrons. The van der Waals surface area contributed by atoms with Gasteiger partial charge in [-0.25, -0.2) is 0 Å². The fraction of sp³-hybridized carbons (Fsp3) is 0.603. The van der Waals surface area contributed by atoms with Gasteiger partial charge < -0.3 is 14.2 Å². The zero-order valence-corrected chi connectivity index (χ0v) is 50.8. The molecule has 0 saturated carbocycles. The van der Waals surface area contributed by atoms with E-state index in [1.807, 2.05) is 0 Å². The highest BCUT2D eigenvalue weighted by Crippen LogP contribution is 2.14. The quantitative estimate of drug-likeness (QED) is 0.0261. The zero-order chi connectivity index (χ0) is 57.1. The van der Waals surface area contributed by atoms with Gasteiger partial charge >= 0.3 is 17.9 Å². The Balaban J connectivity index is 4.35. The Hall–Kier alpha value is -4.97. The third kappa shape index (κ3) is 63.7. The first-order valence-corrected chi connectivity index (χ1v) is 32.0. The maximum atomic E-state index is 12.9. The van der Waals surface area contributed by atoms with Crippen molar-refractivity contribution in [3.05, 3.63) is 158 Å². The molecule has 0 aliphatic carbocycles. The first-order valence-electron chi connectivity index (χ1n) is 32.0. The van der Waals surface area contributed by atoms with Crippen LogP contribution in [-0.2, 0) is 28.6 Å². The maximum absolute atomic E-state index is 12.9. The molecule has 1 atom stereocenters. The summed E-state index contributed by atoms with van der Waals surface area (Å²) in [7, 11) is 0. The highest BCUT2D eigenvalue weighted by Gasteiger charge is 2.19. The summed E-state index contributed by atoms with van der Waals surface area (Å²) in [6.45, 7) is 6.39. The molecule has 0 saturated heterocycles. The monoisotopic (exact) mass is 1090 g/mol. The number of hydrogen-bond acceptors (Lipinski definition) is 6. The third-order valence-electron chi connectivity index (χ3n) is 13.0. The van der Waals surface area contributed by atoms with Crippen LogP contribution in [0, 0.1) is 0 Å². The molecule has 0 aromatic carbocycles. The third-order valence-corrected chi connectivity index (χ3v) is 13.0. The number of carbonyl (C=O) groups is 3. The smallest absolute Gasteiger partial charge is 0.306 e. The van der Waals surface area contributed by atoms with Crippen LogP contribution in [0.3, 0.4) is 0 Å². The predicted octanol–water partition coefficient (Wildman–Crippen LogP) is 22.1. The molecule has 0 bridgehead atoms. The molecule has 0 aliphatic rings. The van der Waals surface area contributed by atoms with Gasteiger partial charge in [-0.1, -0.05) is 256 Å². The summed E-state index contributed by atoms with van der Waals surface area (Å²) in [5.74, 6) is -0.954. The molecule has 0 fully saturated rings. The molecular weight excluding hydrogens is 973 g/mol. The average Bonchev–Trinajstić information content (AvgIpc) is 3.45. The minimum Gasteiger partial charge on any atom is -0.462 e. The number of unbranched alkanes of at least 4 members (excludes halogenated alkanes) is 19. The van der Waals surface area contributed by atoms with Crippen molar-refractivity contribution >= 4 is 17.9 Å². The second kappa shape index (κ2) is 65.5. The SMILES string of the molecule is CC/C=C\C/C=C\C/C=C\C/C=C\C/C=C\C/C=C\C/C=C\C/C=C\C/C=C\CCCCCCCC(=O)OCC(COC(=O)CCCCCCC/C=C\C/C=C\CCC)OC(=O)CCCCCCC/C=C\C/C=C\CCCCC. The highest BCUT2D eigenvalue weighted by atomic mass is 16.6. The molecule has 0 rings (SSSR count). The van der Waals surface area contributed by atoms with Gasteiger partial charge in [-0.2, -0.15) is 0 Å². The average molecular weight is 1090 g/mol. The van der Waals surface area contributed by atoms with Crippen LogP contribution in [0.15, 0.2) is 158 Å². The van der Waals surface area contributed by atoms with Crippen molar-refractivity contribution in [2.75, 3.05) is 13.2 Å². The Labute approximate surface area is 486 Å². The van der Waals surface area contributed by atoms with Gasteiger partial charge in [-0.15, -0.1) is 0 Å². The number of carbonyl (C=O) groups excluding carboxylic acids is 3. The minimum atomic E-state index is -0.807. The van der Waals surface area contributed by atoms with E-state index in [-0.39, 0.29) is 31.1 Å². The number of hydrogen-bond donors (Lipinski definition) is 0. The van der Waals surface area contributed by atoms with Gasteiger partial charge in [-0.05, 0) is 148 Å². The van der Waals surface area contributed by atoms with Crippen molar-refractivity contribution in [1.82, 2.24) is 0 Å². The molecule has 0 spiro atoms. The summed E-state index contributed by atoms with van der Waals surface area (Å²) >= 11 is 0. The van der Waals surface area contributed by atoms with E-state index in [0.717, 1.165) is 193 Å². The van der Waals surface area contributed by atoms with E-state index in [1.54, 1.807) is 0 Å². The van der Waals surface area contributed by atoms with Crippen LogP contribution < -0.4 is 0 Å². The van der Waals surface area contributed by atoms with E-state index in [4.69, 9.17) is 14.2 Å². The van der Waals surface area contributed by atoms with Gasteiger partial charge in [0.25, 0.3) is 0 Å². The summed E-state index contributed by atoms with van der Waals surface area (Å²) in [5, 5.41) is 0. The van der Waals surface area contributed by atoms with Crippen LogP contribution in [0.2, 0.25) is 0 Å². The van der Waals surface area contributed by atoms with Crippen LogP contribution in [0.4, 0.5) is 0 Å². The molecule has 0 aliphatic heterocycles. The van der Waals surface area contributed by atoms with Gasteiger partial charge in [-0.3, -0.25) is 14.4 Å². The van der Waals surface area contributed by atoms with E-state index in [0.29, 0.717) is 19.3 Å². The summed E-state index contributed by atoms with van der Waals surface area (Å²) in [4.78, 5) is 38.2. The number of rotatable bonds is 56. The van der Waals surface area contributed by atoms with Crippen molar-refractivity contribution in [2.24, 2.45) is 0 Å². The van der Waals surface area contributed by atoms with Crippen molar-refractivity contribution in [1.29, 1.82) is 0 Å². The van der Waals surface area contributed by atoms with Gasteiger partial charge in [0.05, 0.1) is 0 Å². The Kier molecular flexibility index (Phi) is 61.4. The van der Waals surface area contributed by atoms with Crippen molar-refractivity contribution < 1.29 is 28.6 Å². The molecule has 0 amide bonds. The lowest BCUT2D eigenvalue weighted by Crippen LogP contribution is -2.30. The van der Waals surface area contributed by atoms with Crippen molar-refractivity contribution in [3.63, 3.8) is 0 Å². The Bertz CT molecular complexity index is 1780. The lowest BCUT2D eigenvalue weighted by Gasteiger charge is -2.18. The van der Waals surface area contributed by atoms with Gasteiger partial charge in [0.2, 0.25) is 0 Å². The zero-order valence-electron chi connectivity index (χ0n) is 50.8. The van der Waals surface area contributed by atoms with Crippen molar-refractivity contribution in [2.45, 2.75) is 271 Å². The Morgan fingerprint density at radius 3 is 0.823 bits per heavy atom. The normalized spacial score (nSPS) is 13.2. The topological polar surface area (TPSA) is 78.9 Å². The van der Waals surface area contributed by atoms with Crippen LogP contribution in [0.1, 0.15) is 265 Å². The highest BCUT2D eigenvalue weighted by molar-refractivity contribution is 5.71. The second-order valence-corrected chi connectivity index (χ2v) is 20.6. The molecular formula is C73H116O6. The van der Waals surface area contributed by atoms with Crippen molar-refractivity contribution in [3.8, 4) is 0 Å². The Morgan fingerprint density at radius 1 is 0.266 bits per heavy atom. The first-order chi connectivity index (χ1) is 39.0. The summed E-state index contributed by atoms with van der Waals surface area (Å²) in [5.41, 5.74) is 0. The molecule has 0 radical (unpaired) electrons. The lowest BCUT2D eigenvalue weighted by molar-refractivity contribution is -0.167. The molecule has 0 aromatic rings. The lowest BCUT2D eigenvalue weighted by atomic mass is 10.1. The number of allylic oxidation sites excluding steroid dienone is 26. The van der Waals surface area contributed by atoms with Crippen LogP contribution in [0.25, 0.3) is 0 Å². The number of esters is 3. The molecule has 0 aromatic heterocycles. The predicted molar refractivity (Wildman–Crippen MR) is 343 cm³/mol. The molecule has 6 heteroatoms. The van der Waals surface area contributed by atoms with Gasteiger partial charge in [0, 0.05) is 19.3 Å². The standard InChI is InChI=1S/C73H116O6/c1-4-7-10-13-16-19-22-25-27-28-29-30-31-32-33-34-35-36-37-38-39-40-41-42-43-44-46-48-51-54-57-60-63-66-72(75)78-69-70(68-77-71(74)65-62-59-56-53-50-47-24-21-18-15-12-9-6-3)79-73(76)67-64-61-58-55-52-49-45-26-23-20-17-14-11-8-5-2/h7,10,12,15-17,19-21,24-27,29-30,32-33,35-36,38-39,41-42,44-46,70H,4-6,8-9,11,13-14,18,22-23,28,31,34,37,40,43,47-69H2,1-3H3/b10-7-,15-12-,19-16-,20-17-,24-21-,27-25-,30-29-,33-32-,36-35-,39-38-,42-41-,45-26-,46-44-. The van der Waals surface area contributed by atoms with Crippen LogP contribution in [0.5, 0.6) is 0 Å². The van der Waals surface area contributed by atoms with E-state index < -0.39 is 6.10 Å². The van der Waals surface area contributed by atoms with E-state index in [2.05, 4.69) is 179 Å². The summed E-state index contributed by atoms with van der Waals surface area (Å²) in [6, 6.07) is 0. The van der Waals surface area contributed by atoms with E-state index >= 15 is 0 Å². The molecule has 79 heavy (non-hydrogen) atoms. The van der Waals surface area contributed by atoms with Crippen LogP contribution in [-0.4, -0.2) is 37.2 Å². The largest absolute Gasteiger partial charge is 0.462 e. The maximum Gasteiger partial charge on any atom is 0.306 e. The van der Waals surface area contributed by atoms with E-state index in [9.17, 15) is 14.4 Å². The summed E-state index contributed by atoms with van der Waals surface area (Å²) < 4.78 is 16.9. The molecule has 0 heterocycles. The first kappa shape index (κ1) is 74.0. The second-order valence-electron chi connectivity index (χ2n) is 20.6. The number of ether oxygens (including phenoxy) is 3. The van der Waals surface area contributed by atoms with Gasteiger partial charge in [0.1, 0.15) is 13.2 Å². The molecule has 1 unspecified atom stereocenters. The molecule has 6 nitrogen and oxygen atoms in total. The minimum absolute atomic E-state index is 0.103. The van der Waals surface area contributed by atoms with E-state index in [1.165, 1.54) is 32.1 Å². The fourth-order valence-corrected chi connectivity index (χ4v) is 8.21. The van der Waals surface area contributed by atoms with Gasteiger partial charge in [0.15, 0.2) is 6.10 Å². The van der Waals surface area contributed by atoms with Crippen LogP contribution >= 0.6 is 0 Å². The summed E-state index contributed by atoms with van der Waals surface area (Å²) in [6.07, 6.45) is 95.3. The fourth-order valence-electron chi connectivity index (χ4n) is 8.21. The Morgan fingerprint density at radius 2 is 0.519 bits per heavy atom. The molecule has 0 N–H and O–H groups in total.